The highest BCUT2D eigenvalue weighted by atomic mass is 79.9. The lowest BCUT2D eigenvalue weighted by atomic mass is 10.2. The number of hydrogen-bond acceptors (Lipinski definition) is 5. The van der Waals surface area contributed by atoms with Gasteiger partial charge in [-0.15, -0.1) is 0 Å². The van der Waals surface area contributed by atoms with Gasteiger partial charge in [-0.05, 0) is 71.6 Å². The second-order valence-corrected chi connectivity index (χ2v) is 10.5. The molecule has 1 aromatic heterocycles. The van der Waals surface area contributed by atoms with E-state index >= 15 is 0 Å². The molecule has 1 N–H and O–H groups in total. The van der Waals surface area contributed by atoms with E-state index in [1.165, 1.54) is 27.8 Å². The molecule has 1 aliphatic heterocycles. The maximum atomic E-state index is 12.8. The average molecular weight is 480 g/mol. The molecule has 2 heterocycles. The van der Waals surface area contributed by atoms with Gasteiger partial charge in [0.2, 0.25) is 10.0 Å². The molecule has 3 aromatic rings. The molecule has 0 aliphatic carbocycles. The lowest BCUT2D eigenvalue weighted by molar-refractivity contribution is 0.102. The smallest absolute Gasteiger partial charge is 0.258 e. The minimum atomic E-state index is -3.59. The number of halogens is 1. The van der Waals surface area contributed by atoms with Crippen LogP contribution in [0.25, 0.3) is 10.2 Å². The molecular formula is C19H18BrN3O3S2. The third-order valence-electron chi connectivity index (χ3n) is 4.65. The minimum Gasteiger partial charge on any atom is -0.298 e. The number of thiazole rings is 1. The molecule has 146 valence electrons. The van der Waals surface area contributed by atoms with E-state index < -0.39 is 15.9 Å². The molecule has 0 bridgehead atoms. The normalized spacial score (nSPS) is 15.2. The largest absolute Gasteiger partial charge is 0.298 e. The predicted molar refractivity (Wildman–Crippen MR) is 114 cm³/mol. The number of aromatic nitrogens is 1. The molecule has 28 heavy (non-hydrogen) atoms. The Bertz CT molecular complexity index is 1170. The van der Waals surface area contributed by atoms with Crippen LogP contribution < -0.4 is 5.32 Å². The van der Waals surface area contributed by atoms with Gasteiger partial charge in [0.25, 0.3) is 5.91 Å². The Morgan fingerprint density at radius 2 is 1.93 bits per heavy atom. The second-order valence-electron chi connectivity index (χ2n) is 6.70. The summed E-state index contributed by atoms with van der Waals surface area (Å²) < 4.78 is 28.6. The Labute approximate surface area is 175 Å². The number of hydrogen-bond donors (Lipinski definition) is 1. The number of sulfonamides is 1. The summed E-state index contributed by atoms with van der Waals surface area (Å²) in [5.41, 5.74) is 2.20. The summed E-state index contributed by atoms with van der Waals surface area (Å²) in [5, 5.41) is 3.26. The van der Waals surface area contributed by atoms with Gasteiger partial charge in [-0.2, -0.15) is 4.31 Å². The SMILES string of the molecule is Cc1ccc2nc(NC(=O)c3cc(S(=O)(=O)N4CCCC4)ccc3Br)sc2c1. The molecule has 9 heteroatoms. The molecule has 4 rings (SSSR count). The summed E-state index contributed by atoms with van der Waals surface area (Å²) in [6, 6.07) is 10.4. The van der Waals surface area contributed by atoms with Crippen LogP contribution in [0.5, 0.6) is 0 Å². The predicted octanol–water partition coefficient (Wildman–Crippen LogP) is 4.40. The molecule has 1 fully saturated rings. The summed E-state index contributed by atoms with van der Waals surface area (Å²) in [6.07, 6.45) is 1.72. The standard InChI is InChI=1S/C19H18BrN3O3S2/c1-12-4-7-16-17(10-12)27-19(21-16)22-18(24)14-11-13(5-6-15(14)20)28(25,26)23-8-2-3-9-23/h4-7,10-11H,2-3,8-9H2,1H3,(H,21,22,24). The fourth-order valence-corrected chi connectivity index (χ4v) is 6.10. The average Bonchev–Trinajstić information content (AvgIpc) is 3.31. The first-order valence-corrected chi connectivity index (χ1v) is 11.9. The molecule has 1 aliphatic rings. The Hall–Kier alpha value is -1.81. The van der Waals surface area contributed by atoms with Crippen LogP contribution in [0.3, 0.4) is 0 Å². The number of nitrogens with zero attached hydrogens (tertiary/aromatic N) is 2. The van der Waals surface area contributed by atoms with Gasteiger partial charge in [0.1, 0.15) is 0 Å². The van der Waals surface area contributed by atoms with Crippen LogP contribution in [0.1, 0.15) is 28.8 Å². The van der Waals surface area contributed by atoms with Gasteiger partial charge >= 0.3 is 0 Å². The molecule has 1 saturated heterocycles. The Balaban J connectivity index is 1.63. The Kier molecular flexibility index (Phi) is 5.26. The van der Waals surface area contributed by atoms with Crippen LogP contribution in [-0.2, 0) is 10.0 Å². The van der Waals surface area contributed by atoms with Crippen LogP contribution in [-0.4, -0.2) is 36.7 Å². The lowest BCUT2D eigenvalue weighted by Crippen LogP contribution is -2.28. The van der Waals surface area contributed by atoms with E-state index in [9.17, 15) is 13.2 Å². The number of rotatable bonds is 4. The molecule has 1 amide bonds. The van der Waals surface area contributed by atoms with E-state index in [1.54, 1.807) is 6.07 Å². The maximum Gasteiger partial charge on any atom is 0.258 e. The first-order chi connectivity index (χ1) is 13.3. The summed E-state index contributed by atoms with van der Waals surface area (Å²) in [7, 11) is -3.59. The van der Waals surface area contributed by atoms with Crippen LogP contribution in [0, 0.1) is 6.92 Å². The zero-order valence-electron chi connectivity index (χ0n) is 15.1. The number of anilines is 1. The molecular weight excluding hydrogens is 462 g/mol. The second kappa shape index (κ2) is 7.55. The summed E-state index contributed by atoms with van der Waals surface area (Å²) in [5.74, 6) is -0.402. The first-order valence-electron chi connectivity index (χ1n) is 8.83. The van der Waals surface area contributed by atoms with Crippen molar-refractivity contribution in [3.8, 4) is 0 Å². The van der Waals surface area contributed by atoms with E-state index in [2.05, 4.69) is 26.2 Å². The van der Waals surface area contributed by atoms with Crippen molar-refractivity contribution in [2.45, 2.75) is 24.7 Å². The number of fused-ring (bicyclic) bond motifs is 1. The van der Waals surface area contributed by atoms with E-state index in [1.807, 2.05) is 25.1 Å². The van der Waals surface area contributed by atoms with Crippen molar-refractivity contribution >= 4 is 58.5 Å². The van der Waals surface area contributed by atoms with Crippen molar-refractivity contribution in [3.05, 3.63) is 52.0 Å². The molecule has 0 unspecified atom stereocenters. The first kappa shape index (κ1) is 19.5. The molecule has 0 atom stereocenters. The van der Waals surface area contributed by atoms with Crippen LogP contribution in [0.4, 0.5) is 5.13 Å². The van der Waals surface area contributed by atoms with E-state index in [4.69, 9.17) is 0 Å². The highest BCUT2D eigenvalue weighted by Crippen LogP contribution is 2.29. The van der Waals surface area contributed by atoms with Crippen LogP contribution in [0.15, 0.2) is 45.8 Å². The number of carbonyl (C=O) groups is 1. The van der Waals surface area contributed by atoms with Crippen molar-refractivity contribution in [3.63, 3.8) is 0 Å². The van der Waals surface area contributed by atoms with E-state index in [-0.39, 0.29) is 10.5 Å². The quantitative estimate of drug-likeness (QED) is 0.600. The molecule has 2 aromatic carbocycles. The van der Waals surface area contributed by atoms with Gasteiger partial charge in [0, 0.05) is 17.6 Å². The summed E-state index contributed by atoms with van der Waals surface area (Å²) in [4.78, 5) is 17.4. The topological polar surface area (TPSA) is 79.4 Å². The van der Waals surface area contributed by atoms with Gasteiger partial charge in [0.05, 0.1) is 20.7 Å². The van der Waals surface area contributed by atoms with Crippen molar-refractivity contribution < 1.29 is 13.2 Å². The van der Waals surface area contributed by atoms with Gasteiger partial charge in [-0.25, -0.2) is 13.4 Å². The van der Waals surface area contributed by atoms with Crippen LogP contribution in [0.2, 0.25) is 0 Å². The third-order valence-corrected chi connectivity index (χ3v) is 8.17. The highest BCUT2D eigenvalue weighted by molar-refractivity contribution is 9.10. The minimum absolute atomic E-state index is 0.127. The van der Waals surface area contributed by atoms with E-state index in [0.29, 0.717) is 22.7 Å². The zero-order valence-corrected chi connectivity index (χ0v) is 18.3. The summed E-state index contributed by atoms with van der Waals surface area (Å²) >= 11 is 4.74. The van der Waals surface area contributed by atoms with Crippen molar-refractivity contribution in [1.82, 2.24) is 9.29 Å². The molecule has 0 radical (unpaired) electrons. The highest BCUT2D eigenvalue weighted by Gasteiger charge is 2.28. The van der Waals surface area contributed by atoms with Gasteiger partial charge in [-0.1, -0.05) is 17.4 Å². The molecule has 0 spiro atoms. The Morgan fingerprint density at radius 1 is 1.18 bits per heavy atom. The summed E-state index contributed by atoms with van der Waals surface area (Å²) in [6.45, 7) is 3.04. The van der Waals surface area contributed by atoms with E-state index in [0.717, 1.165) is 28.6 Å². The number of aryl methyl sites for hydroxylation is 1. The van der Waals surface area contributed by atoms with Crippen molar-refractivity contribution in [1.29, 1.82) is 0 Å². The van der Waals surface area contributed by atoms with Gasteiger partial charge in [0.15, 0.2) is 5.13 Å². The molecule has 0 saturated carbocycles. The fraction of sp³-hybridized carbons (Fsp3) is 0.263. The number of nitrogens with one attached hydrogen (secondary N) is 1. The lowest BCUT2D eigenvalue weighted by Gasteiger charge is -2.16. The number of amides is 1. The molecule has 6 nitrogen and oxygen atoms in total. The maximum absolute atomic E-state index is 12.8. The van der Waals surface area contributed by atoms with Crippen molar-refractivity contribution in [2.24, 2.45) is 0 Å². The van der Waals surface area contributed by atoms with Gasteiger partial charge in [-0.3, -0.25) is 10.1 Å². The van der Waals surface area contributed by atoms with Crippen LogP contribution >= 0.6 is 27.3 Å². The zero-order chi connectivity index (χ0) is 19.9. The number of carbonyl (C=O) groups excluding carboxylic acids is 1. The monoisotopic (exact) mass is 479 g/mol. The third kappa shape index (κ3) is 3.71. The Morgan fingerprint density at radius 3 is 2.68 bits per heavy atom. The number of benzene rings is 2. The van der Waals surface area contributed by atoms with Gasteiger partial charge < -0.3 is 0 Å². The fourth-order valence-electron chi connectivity index (χ4n) is 3.17. The van der Waals surface area contributed by atoms with Crippen molar-refractivity contribution in [2.75, 3.05) is 18.4 Å².